The monoisotopic (exact) mass is 349 g/mol. The number of ether oxygens (including phenoxy) is 2. The van der Waals surface area contributed by atoms with Crippen molar-refractivity contribution in [3.05, 3.63) is 41.7 Å². The number of rotatable bonds is 4. The third-order valence-electron chi connectivity index (χ3n) is 4.07. The van der Waals surface area contributed by atoms with E-state index in [1.807, 2.05) is 38.4 Å². The molecule has 7 heteroatoms. The summed E-state index contributed by atoms with van der Waals surface area (Å²) >= 11 is 0. The number of nitrogens with two attached hydrogens (primary N) is 1. The third-order valence-corrected chi connectivity index (χ3v) is 4.07. The number of aryl methyl sites for hydroxylation is 2. The quantitative estimate of drug-likeness (QED) is 0.777. The van der Waals surface area contributed by atoms with Crippen molar-refractivity contribution in [3.63, 3.8) is 0 Å². The number of methoxy groups -OCH3 is 2. The van der Waals surface area contributed by atoms with Crippen LogP contribution in [0, 0.1) is 18.3 Å². The third kappa shape index (κ3) is 2.93. The fraction of sp³-hybridized carbons (Fsp3) is 0.211. The summed E-state index contributed by atoms with van der Waals surface area (Å²) in [6.07, 6.45) is 3.54. The van der Waals surface area contributed by atoms with Crippen molar-refractivity contribution >= 4 is 5.82 Å². The Labute approximate surface area is 151 Å². The highest BCUT2D eigenvalue weighted by atomic mass is 16.5. The first-order valence-electron chi connectivity index (χ1n) is 7.91. The fourth-order valence-electron chi connectivity index (χ4n) is 2.90. The molecule has 3 rings (SSSR count). The standard InChI is InChI=1S/C19H19N5O2/c1-11-5-14(18(26-4)17(6-11)25-3)13-7-16(12-9-22-24(2)10-12)23-19(21)15(13)8-20/h5-7,9-10H,1-4H3,(H2,21,23). The van der Waals surface area contributed by atoms with Crippen molar-refractivity contribution in [2.45, 2.75) is 6.92 Å². The maximum atomic E-state index is 9.63. The van der Waals surface area contributed by atoms with E-state index in [4.69, 9.17) is 15.2 Å². The van der Waals surface area contributed by atoms with Gasteiger partial charge in [0.25, 0.3) is 0 Å². The Bertz CT molecular complexity index is 1020. The molecule has 3 aromatic rings. The number of aromatic nitrogens is 3. The van der Waals surface area contributed by atoms with Gasteiger partial charge in [0.1, 0.15) is 17.5 Å². The molecule has 2 heterocycles. The van der Waals surface area contributed by atoms with Gasteiger partial charge in [0.2, 0.25) is 0 Å². The van der Waals surface area contributed by atoms with Crippen LogP contribution in [0.1, 0.15) is 11.1 Å². The smallest absolute Gasteiger partial charge is 0.168 e. The van der Waals surface area contributed by atoms with E-state index in [0.29, 0.717) is 28.3 Å². The van der Waals surface area contributed by atoms with Gasteiger partial charge >= 0.3 is 0 Å². The Morgan fingerprint density at radius 2 is 1.92 bits per heavy atom. The second kappa shape index (κ2) is 6.76. The summed E-state index contributed by atoms with van der Waals surface area (Å²) in [4.78, 5) is 4.36. The lowest BCUT2D eigenvalue weighted by atomic mass is 9.96. The summed E-state index contributed by atoms with van der Waals surface area (Å²) in [6, 6.07) is 7.78. The molecule has 0 spiro atoms. The van der Waals surface area contributed by atoms with Crippen LogP contribution in [-0.4, -0.2) is 29.0 Å². The molecule has 7 nitrogen and oxygen atoms in total. The molecule has 0 aliphatic carbocycles. The lowest BCUT2D eigenvalue weighted by Gasteiger charge is -2.16. The number of pyridine rings is 1. The molecule has 132 valence electrons. The molecular formula is C19H19N5O2. The SMILES string of the molecule is COc1cc(C)cc(-c2cc(-c3cnn(C)c3)nc(N)c2C#N)c1OC. The van der Waals surface area contributed by atoms with Crippen LogP contribution in [0.3, 0.4) is 0 Å². The van der Waals surface area contributed by atoms with E-state index in [0.717, 1.165) is 16.7 Å². The molecule has 0 radical (unpaired) electrons. The van der Waals surface area contributed by atoms with Crippen LogP contribution in [0.5, 0.6) is 11.5 Å². The molecule has 26 heavy (non-hydrogen) atoms. The minimum Gasteiger partial charge on any atom is -0.493 e. The number of nitrogens with zero attached hydrogens (tertiary/aromatic N) is 4. The molecule has 0 bridgehead atoms. The highest BCUT2D eigenvalue weighted by Crippen LogP contribution is 2.42. The molecule has 0 amide bonds. The lowest BCUT2D eigenvalue weighted by molar-refractivity contribution is 0.356. The zero-order valence-corrected chi connectivity index (χ0v) is 15.1. The van der Waals surface area contributed by atoms with Gasteiger partial charge in [-0.25, -0.2) is 4.98 Å². The summed E-state index contributed by atoms with van der Waals surface area (Å²) in [5.41, 5.74) is 10.1. The highest BCUT2D eigenvalue weighted by Gasteiger charge is 2.20. The van der Waals surface area contributed by atoms with Crippen LogP contribution in [0.25, 0.3) is 22.4 Å². The average molecular weight is 349 g/mol. The summed E-state index contributed by atoms with van der Waals surface area (Å²) in [5.74, 6) is 1.29. The van der Waals surface area contributed by atoms with Crippen molar-refractivity contribution in [1.29, 1.82) is 5.26 Å². The van der Waals surface area contributed by atoms with Crippen molar-refractivity contribution < 1.29 is 9.47 Å². The van der Waals surface area contributed by atoms with Gasteiger partial charge in [-0.3, -0.25) is 4.68 Å². The maximum absolute atomic E-state index is 9.63. The van der Waals surface area contributed by atoms with Gasteiger partial charge in [-0.2, -0.15) is 10.4 Å². The van der Waals surface area contributed by atoms with Gasteiger partial charge < -0.3 is 15.2 Å². The van der Waals surface area contributed by atoms with Crippen LogP contribution in [0.4, 0.5) is 5.82 Å². The van der Waals surface area contributed by atoms with E-state index < -0.39 is 0 Å². The number of hydrogen-bond donors (Lipinski definition) is 1. The van der Waals surface area contributed by atoms with E-state index in [9.17, 15) is 5.26 Å². The Morgan fingerprint density at radius 3 is 2.50 bits per heavy atom. The Morgan fingerprint density at radius 1 is 1.15 bits per heavy atom. The zero-order valence-electron chi connectivity index (χ0n) is 15.1. The summed E-state index contributed by atoms with van der Waals surface area (Å²) in [5, 5.41) is 13.8. The molecule has 1 aromatic carbocycles. The average Bonchev–Trinajstić information content (AvgIpc) is 3.06. The van der Waals surface area contributed by atoms with Crippen LogP contribution in [0.15, 0.2) is 30.6 Å². The van der Waals surface area contributed by atoms with Gasteiger partial charge in [-0.15, -0.1) is 0 Å². The number of nitriles is 1. The van der Waals surface area contributed by atoms with Crippen molar-refractivity contribution in [2.75, 3.05) is 20.0 Å². The normalized spacial score (nSPS) is 10.4. The van der Waals surface area contributed by atoms with Crippen LogP contribution in [-0.2, 0) is 7.05 Å². The second-order valence-electron chi connectivity index (χ2n) is 5.88. The largest absolute Gasteiger partial charge is 0.493 e. The Balaban J connectivity index is 2.33. The first kappa shape index (κ1) is 17.3. The number of anilines is 1. The van der Waals surface area contributed by atoms with Gasteiger partial charge in [0.15, 0.2) is 11.5 Å². The number of nitrogen functional groups attached to an aromatic ring is 1. The van der Waals surface area contributed by atoms with Gasteiger partial charge in [0.05, 0.1) is 26.1 Å². The Kier molecular flexibility index (Phi) is 4.50. The van der Waals surface area contributed by atoms with Crippen molar-refractivity contribution in [3.8, 4) is 40.0 Å². The predicted molar refractivity (Wildman–Crippen MR) is 98.8 cm³/mol. The van der Waals surface area contributed by atoms with Gasteiger partial charge in [-0.05, 0) is 30.7 Å². The highest BCUT2D eigenvalue weighted by molar-refractivity contribution is 5.84. The summed E-state index contributed by atoms with van der Waals surface area (Å²) in [7, 11) is 4.97. The minimum atomic E-state index is 0.159. The molecule has 2 aromatic heterocycles. The van der Waals surface area contributed by atoms with Crippen LogP contribution < -0.4 is 15.2 Å². The van der Waals surface area contributed by atoms with Gasteiger partial charge in [0, 0.05) is 29.9 Å². The van der Waals surface area contributed by atoms with Crippen LogP contribution in [0.2, 0.25) is 0 Å². The number of benzene rings is 1. The molecule has 0 fully saturated rings. The zero-order chi connectivity index (χ0) is 18.8. The molecule has 0 saturated carbocycles. The molecule has 0 aliphatic rings. The van der Waals surface area contributed by atoms with Crippen LogP contribution >= 0.6 is 0 Å². The van der Waals surface area contributed by atoms with E-state index in [-0.39, 0.29) is 5.82 Å². The minimum absolute atomic E-state index is 0.159. The topological polar surface area (TPSA) is 99.0 Å². The summed E-state index contributed by atoms with van der Waals surface area (Å²) < 4.78 is 12.7. The molecule has 0 atom stereocenters. The number of hydrogen-bond acceptors (Lipinski definition) is 6. The molecule has 2 N–H and O–H groups in total. The Hall–Kier alpha value is -3.53. The molecular weight excluding hydrogens is 330 g/mol. The van der Waals surface area contributed by atoms with E-state index in [1.165, 1.54) is 0 Å². The lowest BCUT2D eigenvalue weighted by Crippen LogP contribution is -2.01. The van der Waals surface area contributed by atoms with E-state index in [1.54, 1.807) is 25.1 Å². The van der Waals surface area contributed by atoms with Crippen molar-refractivity contribution in [1.82, 2.24) is 14.8 Å². The first-order chi connectivity index (χ1) is 12.5. The molecule has 0 aliphatic heterocycles. The van der Waals surface area contributed by atoms with E-state index >= 15 is 0 Å². The fourth-order valence-corrected chi connectivity index (χ4v) is 2.90. The summed E-state index contributed by atoms with van der Waals surface area (Å²) in [6.45, 7) is 1.95. The second-order valence-corrected chi connectivity index (χ2v) is 5.88. The first-order valence-corrected chi connectivity index (χ1v) is 7.91. The molecule has 0 saturated heterocycles. The van der Waals surface area contributed by atoms with Crippen molar-refractivity contribution in [2.24, 2.45) is 7.05 Å². The maximum Gasteiger partial charge on any atom is 0.168 e. The molecule has 0 unspecified atom stereocenters. The van der Waals surface area contributed by atoms with Gasteiger partial charge in [-0.1, -0.05) is 0 Å². The predicted octanol–water partition coefficient (Wildman–Crippen LogP) is 2.93. The van der Waals surface area contributed by atoms with E-state index in [2.05, 4.69) is 16.2 Å².